The Morgan fingerprint density at radius 2 is 1.82 bits per heavy atom. The number of morpholine rings is 1. The van der Waals surface area contributed by atoms with Crippen molar-refractivity contribution in [1.82, 2.24) is 24.8 Å². The van der Waals surface area contributed by atoms with Gasteiger partial charge in [0.2, 0.25) is 11.8 Å². The van der Waals surface area contributed by atoms with Gasteiger partial charge in [0.1, 0.15) is 17.5 Å². The topological polar surface area (TPSA) is 141 Å². The van der Waals surface area contributed by atoms with Crippen LogP contribution in [0.2, 0.25) is 0 Å². The molecule has 2 N–H and O–H groups in total. The molecule has 7 unspecified atom stereocenters. The van der Waals surface area contributed by atoms with Gasteiger partial charge in [-0.25, -0.2) is 23.9 Å². The number of hydrogen-bond donors (Lipinski definition) is 2. The van der Waals surface area contributed by atoms with Gasteiger partial charge in [-0.1, -0.05) is 53.2 Å². The molecular weight excluding hydrogens is 652 g/mol. The SMILES string of the molecule is [C-]#[N+]c1c(C(=O)OC2C(C=C(C)C)CC(C)CC2C(C)(C)C)c2nc(C3CCC(OC)C(NC(=O)C(C)C)C3)[nH]n2c1OC(=O)N1CCOCC1. The number of ether oxygens (including phenoxy) is 4. The van der Waals surface area contributed by atoms with Crippen LogP contribution in [0.1, 0.15) is 110 Å². The maximum Gasteiger partial charge on any atom is 0.415 e. The molecule has 13 heteroatoms. The van der Waals surface area contributed by atoms with E-state index < -0.39 is 18.2 Å². The van der Waals surface area contributed by atoms with Gasteiger partial charge in [-0.2, -0.15) is 0 Å². The number of H-pyrrole nitrogens is 1. The highest BCUT2D eigenvalue weighted by molar-refractivity contribution is 6.05. The Bertz CT molecular complexity index is 1650. The number of carbonyl (C=O) groups is 3. The molecule has 0 spiro atoms. The summed E-state index contributed by atoms with van der Waals surface area (Å²) in [6.45, 7) is 26.2. The number of rotatable bonds is 8. The van der Waals surface area contributed by atoms with Crippen molar-refractivity contribution < 1.29 is 33.3 Å². The highest BCUT2D eigenvalue weighted by atomic mass is 16.6. The molecule has 1 aliphatic heterocycles. The van der Waals surface area contributed by atoms with Gasteiger partial charge in [-0.3, -0.25) is 9.89 Å². The number of nitrogens with zero attached hydrogens (tertiary/aromatic N) is 4. The monoisotopic (exact) mass is 708 g/mol. The van der Waals surface area contributed by atoms with Crippen molar-refractivity contribution in [2.75, 3.05) is 33.4 Å². The van der Waals surface area contributed by atoms with E-state index in [1.807, 2.05) is 13.8 Å². The Balaban J connectivity index is 1.56. The third-order valence-electron chi connectivity index (χ3n) is 10.7. The van der Waals surface area contributed by atoms with Crippen LogP contribution in [0.4, 0.5) is 10.5 Å². The molecule has 3 aliphatic rings. The van der Waals surface area contributed by atoms with Crippen LogP contribution in [-0.2, 0) is 19.0 Å². The summed E-state index contributed by atoms with van der Waals surface area (Å²) in [5.41, 5.74) is 1.00. The average Bonchev–Trinajstić information content (AvgIpc) is 3.62. The minimum atomic E-state index is -0.670. The maximum absolute atomic E-state index is 14.5. The number of nitrogens with one attached hydrogen (secondary N) is 2. The zero-order chi connectivity index (χ0) is 37.2. The van der Waals surface area contributed by atoms with E-state index in [2.05, 4.69) is 62.9 Å². The van der Waals surface area contributed by atoms with Gasteiger partial charge in [-0.15, -0.1) is 0 Å². The first-order chi connectivity index (χ1) is 24.1. The zero-order valence-corrected chi connectivity index (χ0v) is 31.7. The number of aromatic nitrogens is 3. The normalized spacial score (nSPS) is 27.2. The van der Waals surface area contributed by atoms with Crippen LogP contribution >= 0.6 is 0 Å². The lowest BCUT2D eigenvalue weighted by Gasteiger charge is -2.45. The minimum Gasteiger partial charge on any atom is -0.459 e. The van der Waals surface area contributed by atoms with Gasteiger partial charge < -0.3 is 29.2 Å². The molecule has 3 heterocycles. The molecule has 2 aliphatic carbocycles. The first-order valence-electron chi connectivity index (χ1n) is 18.4. The highest BCUT2D eigenvalue weighted by Crippen LogP contribution is 2.47. The summed E-state index contributed by atoms with van der Waals surface area (Å²) in [5, 5.41) is 6.40. The fourth-order valence-corrected chi connectivity index (χ4v) is 7.98. The number of carbonyl (C=O) groups excluding carboxylic acids is 3. The quantitative estimate of drug-likeness (QED) is 0.176. The number of hydrogen-bond acceptors (Lipinski definition) is 8. The molecular formula is C38H56N6O7. The van der Waals surface area contributed by atoms with Crippen molar-refractivity contribution in [3.8, 4) is 5.88 Å². The third-order valence-corrected chi connectivity index (χ3v) is 10.7. The molecule has 3 fully saturated rings. The van der Waals surface area contributed by atoms with E-state index in [0.717, 1.165) is 18.4 Å². The number of esters is 1. The summed E-state index contributed by atoms with van der Waals surface area (Å²) in [7, 11) is 1.65. The lowest BCUT2D eigenvalue weighted by Crippen LogP contribution is -2.48. The van der Waals surface area contributed by atoms with Crippen molar-refractivity contribution in [2.45, 2.75) is 112 Å². The van der Waals surface area contributed by atoms with E-state index in [1.165, 1.54) is 9.42 Å². The van der Waals surface area contributed by atoms with E-state index in [1.54, 1.807) is 7.11 Å². The molecule has 2 amide bonds. The second kappa shape index (κ2) is 15.8. The molecule has 0 bridgehead atoms. The fraction of sp³-hybridized carbons (Fsp3) is 0.711. The smallest absolute Gasteiger partial charge is 0.415 e. The summed E-state index contributed by atoms with van der Waals surface area (Å²) in [5.74, 6) is -0.0752. The van der Waals surface area contributed by atoms with E-state index >= 15 is 0 Å². The van der Waals surface area contributed by atoms with E-state index in [4.69, 9.17) is 30.5 Å². The van der Waals surface area contributed by atoms with Gasteiger partial charge in [0.15, 0.2) is 5.65 Å². The number of allylic oxidation sites excluding steroid dienone is 1. The van der Waals surface area contributed by atoms with Gasteiger partial charge in [0.25, 0.3) is 5.69 Å². The van der Waals surface area contributed by atoms with Crippen molar-refractivity contribution in [3.63, 3.8) is 0 Å². The van der Waals surface area contributed by atoms with Crippen LogP contribution in [0.15, 0.2) is 11.6 Å². The zero-order valence-electron chi connectivity index (χ0n) is 31.7. The largest absolute Gasteiger partial charge is 0.459 e. The first kappa shape index (κ1) is 38.3. The van der Waals surface area contributed by atoms with Crippen LogP contribution < -0.4 is 10.1 Å². The predicted molar refractivity (Wildman–Crippen MR) is 192 cm³/mol. The molecule has 2 aromatic heterocycles. The van der Waals surface area contributed by atoms with Crippen molar-refractivity contribution >= 4 is 29.3 Å². The lowest BCUT2D eigenvalue weighted by atomic mass is 9.64. The minimum absolute atomic E-state index is 0.00346. The first-order valence-corrected chi connectivity index (χ1v) is 18.4. The van der Waals surface area contributed by atoms with Crippen LogP contribution in [0.3, 0.4) is 0 Å². The molecule has 2 saturated carbocycles. The van der Waals surface area contributed by atoms with Gasteiger partial charge in [-0.05, 0) is 57.3 Å². The van der Waals surface area contributed by atoms with Gasteiger partial charge in [0, 0.05) is 43.9 Å². The Morgan fingerprint density at radius 1 is 1.12 bits per heavy atom. The molecule has 5 rings (SSSR count). The third kappa shape index (κ3) is 8.44. The van der Waals surface area contributed by atoms with Crippen molar-refractivity contribution in [1.29, 1.82) is 0 Å². The van der Waals surface area contributed by atoms with Gasteiger partial charge in [0.05, 0.1) is 31.9 Å². The van der Waals surface area contributed by atoms with Crippen LogP contribution in [0, 0.1) is 35.7 Å². The maximum atomic E-state index is 14.5. The molecule has 0 radical (unpaired) electrons. The number of fused-ring (bicyclic) bond motifs is 1. The summed E-state index contributed by atoms with van der Waals surface area (Å²) in [6.07, 6.45) is 4.69. The Hall–Kier alpha value is -3.89. The summed E-state index contributed by atoms with van der Waals surface area (Å²) in [6, 6.07) is -0.245. The standard InChI is InChI=1S/C38H56N6O7/c1-21(2)17-25-18-23(5)19-26(38(6,7)8)31(25)50-36(46)29-30(39-9)35(51-37(47)43-13-15-49-16-14-43)44-33(29)41-32(42-44)24-11-12-28(48-10)27(20-24)40-34(45)22(3)4/h17,22-28,31H,11-16,18-20H2,1-8,10H3,(H,40,45)(H,41,42). The predicted octanol–water partition coefficient (Wildman–Crippen LogP) is 6.67. The van der Waals surface area contributed by atoms with Crippen molar-refractivity contribution in [2.24, 2.45) is 29.1 Å². The average molecular weight is 709 g/mol. The molecule has 2 aromatic rings. The number of methoxy groups -OCH3 is 1. The molecule has 280 valence electrons. The molecule has 7 atom stereocenters. The summed E-state index contributed by atoms with van der Waals surface area (Å²) < 4.78 is 25.0. The molecule has 1 saturated heterocycles. The van der Waals surface area contributed by atoms with Gasteiger partial charge >= 0.3 is 12.1 Å². The summed E-state index contributed by atoms with van der Waals surface area (Å²) in [4.78, 5) is 50.8. The van der Waals surface area contributed by atoms with Crippen LogP contribution in [0.25, 0.3) is 10.5 Å². The number of aromatic amines is 1. The Kier molecular flexibility index (Phi) is 11.9. The Morgan fingerprint density at radius 3 is 2.43 bits per heavy atom. The Labute approximate surface area is 301 Å². The van der Waals surface area contributed by atoms with Crippen LogP contribution in [0.5, 0.6) is 5.88 Å². The molecule has 13 nitrogen and oxygen atoms in total. The van der Waals surface area contributed by atoms with E-state index in [0.29, 0.717) is 57.3 Å². The molecule has 0 aromatic carbocycles. The molecule has 51 heavy (non-hydrogen) atoms. The highest BCUT2D eigenvalue weighted by Gasteiger charge is 2.45. The van der Waals surface area contributed by atoms with E-state index in [-0.39, 0.29) is 69.9 Å². The van der Waals surface area contributed by atoms with Crippen LogP contribution in [-0.4, -0.2) is 89.1 Å². The second-order valence-electron chi connectivity index (χ2n) is 16.3. The summed E-state index contributed by atoms with van der Waals surface area (Å²) >= 11 is 0. The second-order valence-corrected chi connectivity index (χ2v) is 16.3. The van der Waals surface area contributed by atoms with E-state index in [9.17, 15) is 14.4 Å². The van der Waals surface area contributed by atoms with Crippen molar-refractivity contribution in [3.05, 3.63) is 34.5 Å². The lowest BCUT2D eigenvalue weighted by molar-refractivity contribution is -0.126. The number of amides is 2. The fourth-order valence-electron chi connectivity index (χ4n) is 7.98.